The first kappa shape index (κ1) is 19.0. The highest BCUT2D eigenvalue weighted by molar-refractivity contribution is 9.10. The van der Waals surface area contributed by atoms with Gasteiger partial charge in [-0.25, -0.2) is 0 Å². The second kappa shape index (κ2) is 9.21. The first-order chi connectivity index (χ1) is 11.6. The van der Waals surface area contributed by atoms with Crippen molar-refractivity contribution in [1.82, 2.24) is 9.80 Å². The van der Waals surface area contributed by atoms with Gasteiger partial charge in [-0.1, -0.05) is 29.3 Å². The minimum atomic E-state index is 0.0618. The topological polar surface area (TPSA) is 40.6 Å². The first-order valence-corrected chi connectivity index (χ1v) is 9.69. The van der Waals surface area contributed by atoms with Gasteiger partial charge in [0.15, 0.2) is 0 Å². The molecule has 0 saturated carbocycles. The Balaban J connectivity index is 1.89. The van der Waals surface area contributed by atoms with E-state index in [4.69, 9.17) is 0 Å². The Morgan fingerprint density at radius 3 is 2.33 bits per heavy atom. The number of benzene rings is 1. The Hall–Kier alpha value is -1.36. The first-order valence-electron chi connectivity index (χ1n) is 8.90. The molecule has 0 spiro atoms. The Bertz CT molecular complexity index is 551. The molecule has 2 amide bonds. The number of carbonyl (C=O) groups excluding carboxylic acids is 2. The lowest BCUT2D eigenvalue weighted by molar-refractivity contribution is -0.136. The number of likely N-dealkylation sites (tertiary alicyclic amines) is 1. The number of rotatable bonds is 6. The summed E-state index contributed by atoms with van der Waals surface area (Å²) in [6.07, 6.45) is 3.69. The number of halogens is 1. The van der Waals surface area contributed by atoms with Crippen molar-refractivity contribution in [2.75, 3.05) is 26.2 Å². The number of hydrogen-bond acceptors (Lipinski definition) is 2. The average molecular weight is 395 g/mol. The summed E-state index contributed by atoms with van der Waals surface area (Å²) < 4.78 is 0.968. The molecule has 2 rings (SSSR count). The molecule has 5 heteroatoms. The van der Waals surface area contributed by atoms with E-state index in [0.717, 1.165) is 43.2 Å². The standard InChI is InChI=1S/C19H27BrN2O2/c1-3-5-12-21(4-2)18(23)16-10-13-22(14-11-16)19(24)15-6-8-17(20)9-7-15/h6-9,16H,3-5,10-14H2,1-2H3. The van der Waals surface area contributed by atoms with Crippen molar-refractivity contribution >= 4 is 27.7 Å². The normalized spacial score (nSPS) is 15.4. The van der Waals surface area contributed by atoms with Crippen LogP contribution < -0.4 is 0 Å². The molecule has 0 N–H and O–H groups in total. The Morgan fingerprint density at radius 2 is 1.79 bits per heavy atom. The van der Waals surface area contributed by atoms with Crippen LogP contribution >= 0.6 is 15.9 Å². The number of nitrogens with zero attached hydrogens (tertiary/aromatic N) is 2. The number of piperidine rings is 1. The van der Waals surface area contributed by atoms with Gasteiger partial charge in [-0.3, -0.25) is 9.59 Å². The molecule has 1 aliphatic heterocycles. The number of carbonyl (C=O) groups is 2. The summed E-state index contributed by atoms with van der Waals surface area (Å²) in [6.45, 7) is 7.14. The predicted octanol–water partition coefficient (Wildman–Crippen LogP) is 3.95. The van der Waals surface area contributed by atoms with Crippen LogP contribution in [0.4, 0.5) is 0 Å². The smallest absolute Gasteiger partial charge is 0.253 e. The molecule has 0 aromatic heterocycles. The van der Waals surface area contributed by atoms with Crippen LogP contribution in [0.3, 0.4) is 0 Å². The summed E-state index contributed by atoms with van der Waals surface area (Å²) in [5, 5.41) is 0. The van der Waals surface area contributed by atoms with Crippen LogP contribution in [0.15, 0.2) is 28.7 Å². The van der Waals surface area contributed by atoms with E-state index >= 15 is 0 Å². The second-order valence-electron chi connectivity index (χ2n) is 6.34. The molecule has 0 radical (unpaired) electrons. The maximum Gasteiger partial charge on any atom is 0.253 e. The summed E-state index contributed by atoms with van der Waals surface area (Å²) in [5.41, 5.74) is 0.709. The highest BCUT2D eigenvalue weighted by Gasteiger charge is 2.29. The molecule has 1 aromatic carbocycles. The van der Waals surface area contributed by atoms with Gasteiger partial charge in [0.2, 0.25) is 5.91 Å². The fraction of sp³-hybridized carbons (Fsp3) is 0.579. The Kier molecular flexibility index (Phi) is 7.28. The van der Waals surface area contributed by atoms with Gasteiger partial charge in [0.1, 0.15) is 0 Å². The van der Waals surface area contributed by atoms with Gasteiger partial charge in [0.25, 0.3) is 5.91 Å². The number of unbranched alkanes of at least 4 members (excludes halogenated alkanes) is 1. The molecule has 24 heavy (non-hydrogen) atoms. The molecular weight excluding hydrogens is 368 g/mol. The van der Waals surface area contributed by atoms with Crippen molar-refractivity contribution in [2.45, 2.75) is 39.5 Å². The largest absolute Gasteiger partial charge is 0.343 e. The van der Waals surface area contributed by atoms with Gasteiger partial charge in [0, 0.05) is 42.1 Å². The monoisotopic (exact) mass is 394 g/mol. The Labute approximate surface area is 153 Å². The van der Waals surface area contributed by atoms with Gasteiger partial charge in [0.05, 0.1) is 0 Å². The molecule has 1 heterocycles. The quantitative estimate of drug-likeness (QED) is 0.732. The van der Waals surface area contributed by atoms with Gasteiger partial charge in [-0.15, -0.1) is 0 Å². The van der Waals surface area contributed by atoms with Crippen LogP contribution in [0.5, 0.6) is 0 Å². The van der Waals surface area contributed by atoms with Gasteiger partial charge < -0.3 is 9.80 Å². The molecule has 0 bridgehead atoms. The molecule has 1 fully saturated rings. The molecule has 132 valence electrons. The average Bonchev–Trinajstić information content (AvgIpc) is 2.62. The molecule has 1 aromatic rings. The lowest BCUT2D eigenvalue weighted by Crippen LogP contribution is -2.44. The minimum absolute atomic E-state index is 0.0618. The zero-order chi connectivity index (χ0) is 17.5. The fourth-order valence-corrected chi connectivity index (χ4v) is 3.40. The molecule has 1 saturated heterocycles. The molecule has 4 nitrogen and oxygen atoms in total. The fourth-order valence-electron chi connectivity index (χ4n) is 3.14. The molecule has 0 aliphatic carbocycles. The maximum atomic E-state index is 12.6. The van der Waals surface area contributed by atoms with Crippen LogP contribution in [-0.4, -0.2) is 47.8 Å². The van der Waals surface area contributed by atoms with Crippen molar-refractivity contribution in [3.8, 4) is 0 Å². The summed E-state index contributed by atoms with van der Waals surface area (Å²) in [7, 11) is 0. The Morgan fingerprint density at radius 1 is 1.17 bits per heavy atom. The third-order valence-corrected chi connectivity index (χ3v) is 5.23. The third-order valence-electron chi connectivity index (χ3n) is 4.70. The molecular formula is C19H27BrN2O2. The van der Waals surface area contributed by atoms with Gasteiger partial charge in [-0.05, 0) is 50.5 Å². The summed E-state index contributed by atoms with van der Waals surface area (Å²) in [6, 6.07) is 7.45. The van der Waals surface area contributed by atoms with E-state index in [1.807, 2.05) is 41.0 Å². The molecule has 1 aliphatic rings. The summed E-state index contributed by atoms with van der Waals surface area (Å²) in [4.78, 5) is 29.0. The highest BCUT2D eigenvalue weighted by atomic mass is 79.9. The van der Waals surface area contributed by atoms with Crippen molar-refractivity contribution in [2.24, 2.45) is 5.92 Å². The minimum Gasteiger partial charge on any atom is -0.343 e. The molecule has 0 unspecified atom stereocenters. The van der Waals surface area contributed by atoms with Crippen molar-refractivity contribution < 1.29 is 9.59 Å². The van der Waals surface area contributed by atoms with Gasteiger partial charge >= 0.3 is 0 Å². The van der Waals surface area contributed by atoms with Crippen LogP contribution in [0, 0.1) is 5.92 Å². The van der Waals surface area contributed by atoms with Crippen molar-refractivity contribution in [3.05, 3.63) is 34.3 Å². The zero-order valence-corrected chi connectivity index (χ0v) is 16.2. The highest BCUT2D eigenvalue weighted by Crippen LogP contribution is 2.22. The van der Waals surface area contributed by atoms with Crippen LogP contribution in [0.2, 0.25) is 0 Å². The number of hydrogen-bond donors (Lipinski definition) is 0. The predicted molar refractivity (Wildman–Crippen MR) is 99.9 cm³/mol. The SMILES string of the molecule is CCCCN(CC)C(=O)C1CCN(C(=O)c2ccc(Br)cc2)CC1. The third kappa shape index (κ3) is 4.82. The van der Waals surface area contributed by atoms with Gasteiger partial charge in [-0.2, -0.15) is 0 Å². The van der Waals surface area contributed by atoms with Crippen molar-refractivity contribution in [3.63, 3.8) is 0 Å². The van der Waals surface area contributed by atoms with Crippen LogP contribution in [0.1, 0.15) is 49.9 Å². The van der Waals surface area contributed by atoms with Crippen LogP contribution in [0.25, 0.3) is 0 Å². The van der Waals surface area contributed by atoms with E-state index in [0.29, 0.717) is 18.7 Å². The molecule has 0 atom stereocenters. The van der Waals surface area contributed by atoms with E-state index in [1.54, 1.807) is 0 Å². The van der Waals surface area contributed by atoms with E-state index in [2.05, 4.69) is 22.9 Å². The zero-order valence-electron chi connectivity index (χ0n) is 14.6. The summed E-state index contributed by atoms with van der Waals surface area (Å²) >= 11 is 3.39. The lowest BCUT2D eigenvalue weighted by Gasteiger charge is -2.34. The van der Waals surface area contributed by atoms with E-state index in [-0.39, 0.29) is 17.7 Å². The van der Waals surface area contributed by atoms with Crippen LogP contribution in [-0.2, 0) is 4.79 Å². The lowest BCUT2D eigenvalue weighted by atomic mass is 9.94. The maximum absolute atomic E-state index is 12.6. The van der Waals surface area contributed by atoms with E-state index < -0.39 is 0 Å². The van der Waals surface area contributed by atoms with E-state index in [1.165, 1.54) is 0 Å². The number of amides is 2. The summed E-state index contributed by atoms with van der Waals surface area (Å²) in [5.74, 6) is 0.393. The van der Waals surface area contributed by atoms with E-state index in [9.17, 15) is 9.59 Å². The van der Waals surface area contributed by atoms with Crippen molar-refractivity contribution in [1.29, 1.82) is 0 Å². The second-order valence-corrected chi connectivity index (χ2v) is 7.26.